The number of hydrogen-bond donors (Lipinski definition) is 0. The maximum absolute atomic E-state index is 5.68. The van der Waals surface area contributed by atoms with Crippen LogP contribution in [0.4, 0.5) is 0 Å². The Morgan fingerprint density at radius 3 is 2.83 bits per heavy atom. The predicted molar refractivity (Wildman–Crippen MR) is 119 cm³/mol. The highest BCUT2D eigenvalue weighted by molar-refractivity contribution is 5.85. The van der Waals surface area contributed by atoms with Crippen molar-refractivity contribution >= 4 is 5.71 Å². The number of aromatic nitrogens is 1. The van der Waals surface area contributed by atoms with Crippen molar-refractivity contribution in [3.8, 4) is 0 Å². The third kappa shape index (κ3) is 3.26. The Labute approximate surface area is 181 Å². The Morgan fingerprint density at radius 2 is 2.03 bits per heavy atom. The molecule has 30 heavy (non-hydrogen) atoms. The van der Waals surface area contributed by atoms with Gasteiger partial charge in [-0.05, 0) is 92.3 Å². The minimum atomic E-state index is 0.432. The average Bonchev–Trinajstić information content (AvgIpc) is 3.28. The summed E-state index contributed by atoms with van der Waals surface area (Å²) in [6.45, 7) is 12.1. The summed E-state index contributed by atoms with van der Waals surface area (Å²) in [7, 11) is 0. The molecular weight excluding hydrogens is 372 g/mol. The number of nitrogens with zero attached hydrogens (tertiary/aromatic N) is 2. The smallest absolute Gasteiger partial charge is 0.191 e. The molecule has 1 aromatic heterocycles. The second-order valence-electron chi connectivity index (χ2n) is 11.0. The lowest BCUT2D eigenvalue weighted by Crippen LogP contribution is -2.52. The summed E-state index contributed by atoms with van der Waals surface area (Å²) in [5, 5.41) is 4.55. The SMILES string of the molecule is C=C1CCC2C3CCC4CC(=NOCCc5cnc(C)o5)CC[C@]4(C)C3CC[C@]12C. The summed E-state index contributed by atoms with van der Waals surface area (Å²) in [5.41, 5.74) is 3.75. The number of aryl methyl sites for hydroxylation is 1. The van der Waals surface area contributed by atoms with Gasteiger partial charge in [0.1, 0.15) is 12.4 Å². The summed E-state index contributed by atoms with van der Waals surface area (Å²) in [4.78, 5) is 9.81. The largest absolute Gasteiger partial charge is 0.446 e. The minimum Gasteiger partial charge on any atom is -0.446 e. The molecule has 4 aliphatic carbocycles. The van der Waals surface area contributed by atoms with Gasteiger partial charge in [-0.15, -0.1) is 0 Å². The van der Waals surface area contributed by atoms with E-state index in [4.69, 9.17) is 9.25 Å². The highest BCUT2D eigenvalue weighted by Gasteiger charge is 2.58. The summed E-state index contributed by atoms with van der Waals surface area (Å²) in [6, 6.07) is 0. The fraction of sp³-hybridized carbons (Fsp3) is 0.769. The van der Waals surface area contributed by atoms with Crippen molar-refractivity contribution in [3.63, 3.8) is 0 Å². The predicted octanol–water partition coefficient (Wildman–Crippen LogP) is 6.50. The third-order valence-electron chi connectivity index (χ3n) is 9.76. The lowest BCUT2D eigenvalue weighted by atomic mass is 9.45. The zero-order valence-corrected chi connectivity index (χ0v) is 19.1. The quantitative estimate of drug-likeness (QED) is 0.323. The van der Waals surface area contributed by atoms with Crippen molar-refractivity contribution in [2.75, 3.05) is 6.61 Å². The molecule has 5 rings (SSSR count). The van der Waals surface area contributed by atoms with E-state index < -0.39 is 0 Å². The average molecular weight is 411 g/mol. The number of fused-ring (bicyclic) bond motifs is 5. The Balaban J connectivity index is 1.21. The highest BCUT2D eigenvalue weighted by atomic mass is 16.6. The molecule has 0 saturated heterocycles. The molecule has 1 heterocycles. The van der Waals surface area contributed by atoms with Crippen LogP contribution in [-0.2, 0) is 11.3 Å². The van der Waals surface area contributed by atoms with Gasteiger partial charge in [-0.2, -0.15) is 0 Å². The van der Waals surface area contributed by atoms with Crippen molar-refractivity contribution in [1.29, 1.82) is 0 Å². The lowest BCUT2D eigenvalue weighted by Gasteiger charge is -2.60. The molecule has 4 nitrogen and oxygen atoms in total. The first-order chi connectivity index (χ1) is 14.4. The fourth-order valence-electron chi connectivity index (χ4n) is 7.85. The Bertz CT molecular complexity index is 842. The first-order valence-corrected chi connectivity index (χ1v) is 12.2. The van der Waals surface area contributed by atoms with Gasteiger partial charge >= 0.3 is 0 Å². The van der Waals surface area contributed by atoms with E-state index in [0.29, 0.717) is 23.3 Å². The molecule has 0 radical (unpaired) electrons. The molecule has 0 spiro atoms. The van der Waals surface area contributed by atoms with Gasteiger partial charge in [0.05, 0.1) is 11.9 Å². The molecule has 4 aliphatic rings. The standard InChI is InChI=1S/C26H38N2O2/c1-17-5-8-23-22-7-6-19-15-20(28-29-14-11-21-16-27-18(2)30-21)9-12-26(19,4)24(22)10-13-25(17,23)3/h16,19,22-24H,1,5-15H2,2-4H3/t19?,22?,23?,24?,25-,26+/m1/s1. The van der Waals surface area contributed by atoms with E-state index in [2.05, 4.69) is 30.6 Å². The van der Waals surface area contributed by atoms with Crippen molar-refractivity contribution in [3.05, 3.63) is 30.0 Å². The van der Waals surface area contributed by atoms with Crippen LogP contribution in [0.1, 0.15) is 83.3 Å². The first-order valence-electron chi connectivity index (χ1n) is 12.2. The molecule has 4 unspecified atom stereocenters. The number of hydrogen-bond acceptors (Lipinski definition) is 4. The van der Waals surface area contributed by atoms with Crippen molar-refractivity contribution in [2.24, 2.45) is 39.7 Å². The van der Waals surface area contributed by atoms with Crippen LogP contribution in [-0.4, -0.2) is 17.3 Å². The van der Waals surface area contributed by atoms with Crippen LogP contribution in [0.2, 0.25) is 0 Å². The van der Waals surface area contributed by atoms with E-state index in [9.17, 15) is 0 Å². The van der Waals surface area contributed by atoms with Gasteiger partial charge in [0.2, 0.25) is 0 Å². The Hall–Kier alpha value is -1.58. The Morgan fingerprint density at radius 1 is 1.17 bits per heavy atom. The number of oxazole rings is 1. The van der Waals surface area contributed by atoms with Crippen molar-refractivity contribution < 1.29 is 9.25 Å². The summed E-state index contributed by atoms with van der Waals surface area (Å²) in [6.07, 6.45) is 14.3. The van der Waals surface area contributed by atoms with Gasteiger partial charge in [-0.3, -0.25) is 0 Å². The molecule has 0 aliphatic heterocycles. The molecule has 0 aromatic carbocycles. The second-order valence-corrected chi connectivity index (χ2v) is 11.0. The molecule has 1 aromatic rings. The van der Waals surface area contributed by atoms with Gasteiger partial charge in [-0.25, -0.2) is 4.98 Å². The molecular formula is C26H38N2O2. The number of allylic oxidation sites excluding steroid dienone is 1. The van der Waals surface area contributed by atoms with E-state index in [0.717, 1.165) is 48.7 Å². The molecule has 0 N–H and O–H groups in total. The van der Waals surface area contributed by atoms with Gasteiger partial charge in [0, 0.05) is 13.3 Å². The lowest BCUT2D eigenvalue weighted by molar-refractivity contribution is -0.0859. The zero-order valence-electron chi connectivity index (χ0n) is 19.1. The Kier molecular flexibility index (Phi) is 5.10. The van der Waals surface area contributed by atoms with Crippen LogP contribution in [0.5, 0.6) is 0 Å². The molecule has 4 heteroatoms. The summed E-state index contributed by atoms with van der Waals surface area (Å²) in [5.74, 6) is 5.08. The zero-order chi connectivity index (χ0) is 20.9. The first kappa shape index (κ1) is 20.3. The van der Waals surface area contributed by atoms with Crippen LogP contribution >= 0.6 is 0 Å². The molecule has 4 saturated carbocycles. The van der Waals surface area contributed by atoms with Crippen LogP contribution in [0, 0.1) is 41.4 Å². The molecule has 0 amide bonds. The summed E-state index contributed by atoms with van der Waals surface area (Å²) < 4.78 is 5.51. The van der Waals surface area contributed by atoms with Gasteiger partial charge in [0.15, 0.2) is 5.89 Å². The van der Waals surface area contributed by atoms with Crippen molar-refractivity contribution in [1.82, 2.24) is 4.98 Å². The maximum Gasteiger partial charge on any atom is 0.191 e. The van der Waals surface area contributed by atoms with Crippen molar-refractivity contribution in [2.45, 2.75) is 85.0 Å². The van der Waals surface area contributed by atoms with Crippen LogP contribution < -0.4 is 0 Å². The molecule has 0 bridgehead atoms. The molecule has 4 fully saturated rings. The van der Waals surface area contributed by atoms with Gasteiger partial charge in [0.25, 0.3) is 0 Å². The normalized spacial score (nSPS) is 42.0. The highest BCUT2D eigenvalue weighted by Crippen LogP contribution is 2.66. The third-order valence-corrected chi connectivity index (χ3v) is 9.76. The van der Waals surface area contributed by atoms with Gasteiger partial charge < -0.3 is 9.25 Å². The van der Waals surface area contributed by atoms with E-state index in [1.807, 2.05) is 6.92 Å². The number of rotatable bonds is 4. The molecule has 164 valence electrons. The minimum absolute atomic E-state index is 0.432. The topological polar surface area (TPSA) is 47.6 Å². The van der Waals surface area contributed by atoms with E-state index in [-0.39, 0.29) is 0 Å². The summed E-state index contributed by atoms with van der Waals surface area (Å²) >= 11 is 0. The number of oxime groups is 1. The maximum atomic E-state index is 5.68. The van der Waals surface area contributed by atoms with E-state index in [1.165, 1.54) is 50.7 Å². The van der Waals surface area contributed by atoms with E-state index in [1.54, 1.807) is 11.8 Å². The van der Waals surface area contributed by atoms with Crippen LogP contribution in [0.25, 0.3) is 0 Å². The van der Waals surface area contributed by atoms with E-state index >= 15 is 0 Å². The van der Waals surface area contributed by atoms with Crippen LogP contribution in [0.3, 0.4) is 0 Å². The van der Waals surface area contributed by atoms with Crippen LogP contribution in [0.15, 0.2) is 27.9 Å². The second kappa shape index (κ2) is 7.53. The monoisotopic (exact) mass is 410 g/mol. The molecule has 6 atom stereocenters. The fourth-order valence-corrected chi connectivity index (χ4v) is 7.85. The van der Waals surface area contributed by atoms with Gasteiger partial charge in [-0.1, -0.05) is 31.2 Å².